The van der Waals surface area contributed by atoms with E-state index in [1.165, 1.54) is 12.4 Å². The van der Waals surface area contributed by atoms with Crippen molar-refractivity contribution in [1.82, 2.24) is 14.6 Å². The standard InChI is InChI=1S/C14H14FNO3.C6H6N4.CH4O/c1-9-12(7-16)18-8-13(9)19-14(17)6-10-4-2-3-5-11(10)15;7-6-5-2-1-3-10(5)9-4-8-6;1-2/h2-5,9,12-13H,6,8H2,1H3;1-4H,(H2,7,8,9);2H,1H3. The molecule has 0 saturated carbocycles. The molecule has 3 N–H and O–H groups in total. The molecule has 1 aliphatic rings. The zero-order valence-electron chi connectivity index (χ0n) is 17.2. The normalized spacial score (nSPS) is 19.4. The van der Waals surface area contributed by atoms with E-state index in [2.05, 4.69) is 10.1 Å². The van der Waals surface area contributed by atoms with Crippen molar-refractivity contribution in [2.45, 2.75) is 25.6 Å². The Morgan fingerprint density at radius 1 is 1.39 bits per heavy atom. The minimum atomic E-state index is -0.550. The molecule has 3 unspecified atom stereocenters. The van der Waals surface area contributed by atoms with Crippen molar-refractivity contribution in [3.8, 4) is 6.07 Å². The highest BCUT2D eigenvalue weighted by Gasteiger charge is 2.36. The lowest BCUT2D eigenvalue weighted by Crippen LogP contribution is -2.27. The number of hydrogen-bond acceptors (Lipinski definition) is 8. The van der Waals surface area contributed by atoms with Gasteiger partial charge in [0, 0.05) is 19.2 Å². The van der Waals surface area contributed by atoms with Crippen molar-refractivity contribution in [2.75, 3.05) is 19.5 Å². The van der Waals surface area contributed by atoms with E-state index in [0.717, 1.165) is 12.6 Å². The van der Waals surface area contributed by atoms with Gasteiger partial charge in [0.1, 0.15) is 29.9 Å². The van der Waals surface area contributed by atoms with Gasteiger partial charge in [-0.3, -0.25) is 4.79 Å². The Hall–Kier alpha value is -3.55. The third-order valence-corrected chi connectivity index (χ3v) is 4.57. The molecular weight excluding hydrogens is 405 g/mol. The Morgan fingerprint density at radius 3 is 2.77 bits per heavy atom. The fraction of sp³-hybridized carbons (Fsp3) is 0.333. The second-order valence-corrected chi connectivity index (χ2v) is 6.52. The highest BCUT2D eigenvalue weighted by atomic mass is 19.1. The second kappa shape index (κ2) is 11.6. The number of halogens is 1. The molecule has 1 saturated heterocycles. The van der Waals surface area contributed by atoms with Crippen molar-refractivity contribution in [3.63, 3.8) is 0 Å². The van der Waals surface area contributed by atoms with Crippen molar-refractivity contribution < 1.29 is 23.8 Å². The van der Waals surface area contributed by atoms with Gasteiger partial charge in [-0.1, -0.05) is 25.1 Å². The van der Waals surface area contributed by atoms with E-state index in [4.69, 9.17) is 25.6 Å². The fourth-order valence-electron chi connectivity index (χ4n) is 2.89. The van der Waals surface area contributed by atoms with Crippen molar-refractivity contribution in [1.29, 1.82) is 5.26 Å². The minimum absolute atomic E-state index is 0.118. The number of nitriles is 1. The van der Waals surface area contributed by atoms with E-state index in [0.29, 0.717) is 11.4 Å². The zero-order chi connectivity index (χ0) is 22.8. The van der Waals surface area contributed by atoms with Gasteiger partial charge in [-0.05, 0) is 23.8 Å². The molecule has 0 bridgehead atoms. The maximum atomic E-state index is 13.4. The highest BCUT2D eigenvalue weighted by Crippen LogP contribution is 2.23. The quantitative estimate of drug-likeness (QED) is 0.601. The molecule has 10 heteroatoms. The number of nitrogen functional groups attached to an aromatic ring is 1. The van der Waals surface area contributed by atoms with Crippen LogP contribution in [0.5, 0.6) is 0 Å². The summed E-state index contributed by atoms with van der Waals surface area (Å²) in [6.07, 6.45) is 2.15. The van der Waals surface area contributed by atoms with E-state index < -0.39 is 24.0 Å². The average Bonchev–Trinajstić information content (AvgIpc) is 3.40. The number of fused-ring (bicyclic) bond motifs is 1. The summed E-state index contributed by atoms with van der Waals surface area (Å²) >= 11 is 0. The van der Waals surface area contributed by atoms with Crippen molar-refractivity contribution in [2.24, 2.45) is 5.92 Å². The van der Waals surface area contributed by atoms with Crippen LogP contribution in [-0.4, -0.2) is 51.6 Å². The Balaban J connectivity index is 0.000000237. The minimum Gasteiger partial charge on any atom is -0.459 e. The average molecular weight is 429 g/mol. The summed E-state index contributed by atoms with van der Waals surface area (Å²) in [7, 11) is 1.00. The van der Waals surface area contributed by atoms with Gasteiger partial charge < -0.3 is 20.3 Å². The van der Waals surface area contributed by atoms with E-state index in [-0.39, 0.29) is 18.9 Å². The number of aromatic nitrogens is 3. The maximum absolute atomic E-state index is 13.4. The number of aliphatic hydroxyl groups excluding tert-OH is 1. The first-order valence-corrected chi connectivity index (χ1v) is 9.42. The van der Waals surface area contributed by atoms with Crippen LogP contribution in [0.15, 0.2) is 48.9 Å². The molecular formula is C21H24FN5O4. The van der Waals surface area contributed by atoms with Crippen LogP contribution in [0.1, 0.15) is 12.5 Å². The predicted molar refractivity (Wildman–Crippen MR) is 110 cm³/mol. The lowest BCUT2D eigenvalue weighted by atomic mass is 10.0. The molecule has 0 radical (unpaired) electrons. The molecule has 2 aromatic heterocycles. The molecule has 1 aromatic carbocycles. The van der Waals surface area contributed by atoms with Crippen LogP contribution in [0.3, 0.4) is 0 Å². The number of anilines is 1. The molecule has 3 atom stereocenters. The molecule has 0 aliphatic carbocycles. The van der Waals surface area contributed by atoms with Crippen LogP contribution in [0, 0.1) is 23.1 Å². The Labute approximate surface area is 178 Å². The van der Waals surface area contributed by atoms with Gasteiger partial charge in [0.25, 0.3) is 0 Å². The Bertz CT molecular complexity index is 1040. The van der Waals surface area contributed by atoms with Gasteiger partial charge >= 0.3 is 5.97 Å². The summed E-state index contributed by atoms with van der Waals surface area (Å²) < 4.78 is 25.5. The summed E-state index contributed by atoms with van der Waals surface area (Å²) in [6, 6.07) is 11.8. The van der Waals surface area contributed by atoms with Crippen LogP contribution in [0.4, 0.5) is 10.2 Å². The van der Waals surface area contributed by atoms with Crippen LogP contribution in [0.25, 0.3) is 5.52 Å². The summed E-state index contributed by atoms with van der Waals surface area (Å²) in [5.41, 5.74) is 6.68. The van der Waals surface area contributed by atoms with E-state index in [9.17, 15) is 9.18 Å². The Kier molecular flexibility index (Phi) is 8.87. The largest absolute Gasteiger partial charge is 0.459 e. The number of nitrogens with two attached hydrogens (primary N) is 1. The lowest BCUT2D eigenvalue weighted by molar-refractivity contribution is -0.149. The number of rotatable bonds is 3. The molecule has 164 valence electrons. The second-order valence-electron chi connectivity index (χ2n) is 6.52. The number of nitrogens with zero attached hydrogens (tertiary/aromatic N) is 4. The van der Waals surface area contributed by atoms with Crippen LogP contribution in [-0.2, 0) is 20.7 Å². The topological polar surface area (TPSA) is 136 Å². The first kappa shape index (κ1) is 23.7. The number of carbonyl (C=O) groups is 1. The Morgan fingerprint density at radius 2 is 2.13 bits per heavy atom. The van der Waals surface area contributed by atoms with Gasteiger partial charge in [-0.15, -0.1) is 0 Å². The molecule has 0 spiro atoms. The molecule has 4 rings (SSSR count). The lowest BCUT2D eigenvalue weighted by Gasteiger charge is -2.15. The number of carbonyl (C=O) groups excluding carboxylic acids is 1. The third-order valence-electron chi connectivity index (χ3n) is 4.57. The van der Waals surface area contributed by atoms with Gasteiger partial charge in [0.2, 0.25) is 0 Å². The highest BCUT2D eigenvalue weighted by molar-refractivity contribution is 5.72. The first-order valence-electron chi connectivity index (χ1n) is 9.42. The van der Waals surface area contributed by atoms with Gasteiger partial charge in [-0.25, -0.2) is 13.9 Å². The van der Waals surface area contributed by atoms with Crippen molar-refractivity contribution in [3.05, 3.63) is 60.3 Å². The number of esters is 1. The maximum Gasteiger partial charge on any atom is 0.310 e. The monoisotopic (exact) mass is 429 g/mol. The number of benzene rings is 1. The fourth-order valence-corrected chi connectivity index (χ4v) is 2.89. The summed E-state index contributed by atoms with van der Waals surface area (Å²) in [5, 5.41) is 19.7. The van der Waals surface area contributed by atoms with E-state index in [1.54, 1.807) is 29.6 Å². The van der Waals surface area contributed by atoms with E-state index >= 15 is 0 Å². The smallest absolute Gasteiger partial charge is 0.310 e. The number of hydrogen-bond donors (Lipinski definition) is 2. The van der Waals surface area contributed by atoms with Crippen LogP contribution in [0.2, 0.25) is 0 Å². The molecule has 3 heterocycles. The van der Waals surface area contributed by atoms with Gasteiger partial charge in [-0.2, -0.15) is 10.4 Å². The van der Waals surface area contributed by atoms with Gasteiger partial charge in [0.15, 0.2) is 5.82 Å². The van der Waals surface area contributed by atoms with Crippen molar-refractivity contribution >= 4 is 17.3 Å². The molecule has 3 aromatic rings. The number of ether oxygens (including phenoxy) is 2. The van der Waals surface area contributed by atoms with Crippen LogP contribution < -0.4 is 5.73 Å². The third kappa shape index (κ3) is 6.21. The zero-order valence-corrected chi connectivity index (χ0v) is 17.2. The summed E-state index contributed by atoms with van der Waals surface area (Å²) in [6.45, 7) is 2.00. The molecule has 0 amide bonds. The molecule has 31 heavy (non-hydrogen) atoms. The van der Waals surface area contributed by atoms with E-state index in [1.807, 2.05) is 24.4 Å². The van der Waals surface area contributed by atoms with Crippen LogP contribution >= 0.6 is 0 Å². The first-order chi connectivity index (χ1) is 15.0. The predicted octanol–water partition coefficient (Wildman–Crippen LogP) is 1.76. The SMILES string of the molecule is CC1C(C#N)OCC1OC(=O)Cc1ccccc1F.CO.Nc1ncnn2cccc12. The molecule has 9 nitrogen and oxygen atoms in total. The summed E-state index contributed by atoms with van der Waals surface area (Å²) in [5.74, 6) is -0.594. The molecule has 1 aliphatic heterocycles. The number of aliphatic hydroxyl groups is 1. The van der Waals surface area contributed by atoms with Gasteiger partial charge in [0.05, 0.1) is 19.1 Å². The summed E-state index contributed by atoms with van der Waals surface area (Å²) in [4.78, 5) is 15.6. The molecule has 1 fully saturated rings.